The van der Waals surface area contributed by atoms with E-state index in [2.05, 4.69) is 5.32 Å². The van der Waals surface area contributed by atoms with Crippen LogP contribution in [0.1, 0.15) is 29.6 Å². The van der Waals surface area contributed by atoms with Crippen molar-refractivity contribution < 1.29 is 27.1 Å². The lowest BCUT2D eigenvalue weighted by Gasteiger charge is -2.31. The quantitative estimate of drug-likeness (QED) is 0.800. The van der Waals surface area contributed by atoms with Gasteiger partial charge in [-0.2, -0.15) is 4.31 Å². The van der Waals surface area contributed by atoms with E-state index in [1.165, 1.54) is 40.7 Å². The monoisotopic (exact) mass is 434 g/mol. The number of sulfonamides is 1. The number of carbonyl (C=O) groups excluding carboxylic acids is 1. The van der Waals surface area contributed by atoms with Crippen LogP contribution in [0.3, 0.4) is 0 Å². The lowest BCUT2D eigenvalue weighted by Crippen LogP contribution is -2.46. The second-order valence-corrected chi connectivity index (χ2v) is 9.26. The molecule has 1 saturated heterocycles. The van der Waals surface area contributed by atoms with E-state index in [0.29, 0.717) is 56.2 Å². The number of halogens is 1. The lowest BCUT2D eigenvalue weighted by molar-refractivity contribution is 0.0924. The molecule has 4 rings (SSSR count). The molecule has 0 bridgehead atoms. The highest BCUT2D eigenvalue weighted by Gasteiger charge is 2.31. The van der Waals surface area contributed by atoms with Gasteiger partial charge < -0.3 is 14.8 Å². The second kappa shape index (κ2) is 8.61. The zero-order chi connectivity index (χ0) is 21.1. The third-order valence-corrected chi connectivity index (χ3v) is 7.15. The Balaban J connectivity index is 1.39. The van der Waals surface area contributed by atoms with E-state index >= 15 is 0 Å². The summed E-state index contributed by atoms with van der Waals surface area (Å²) >= 11 is 0. The topological polar surface area (TPSA) is 84.9 Å². The predicted molar refractivity (Wildman–Crippen MR) is 108 cm³/mol. The summed E-state index contributed by atoms with van der Waals surface area (Å²) in [5.74, 6) is 0.294. The molecule has 160 valence electrons. The van der Waals surface area contributed by atoms with Crippen LogP contribution in [0.4, 0.5) is 4.39 Å². The highest BCUT2D eigenvalue weighted by molar-refractivity contribution is 7.89. The molecule has 1 amide bonds. The van der Waals surface area contributed by atoms with Crippen molar-refractivity contribution in [1.29, 1.82) is 0 Å². The van der Waals surface area contributed by atoms with Crippen molar-refractivity contribution in [2.75, 3.05) is 26.3 Å². The Morgan fingerprint density at radius 2 is 1.67 bits per heavy atom. The molecule has 2 aromatic carbocycles. The van der Waals surface area contributed by atoms with Gasteiger partial charge in [0.05, 0.1) is 18.1 Å². The molecular weight excluding hydrogens is 411 g/mol. The number of nitrogens with one attached hydrogen (secondary N) is 1. The smallest absolute Gasteiger partial charge is 0.251 e. The van der Waals surface area contributed by atoms with Crippen molar-refractivity contribution in [2.24, 2.45) is 0 Å². The molecule has 2 aliphatic heterocycles. The van der Waals surface area contributed by atoms with Crippen molar-refractivity contribution in [3.05, 3.63) is 53.8 Å². The van der Waals surface area contributed by atoms with Crippen molar-refractivity contribution in [3.63, 3.8) is 0 Å². The molecule has 0 atom stereocenters. The molecule has 30 heavy (non-hydrogen) atoms. The minimum Gasteiger partial charge on any atom is -0.490 e. The Labute approximate surface area is 174 Å². The molecule has 0 aliphatic carbocycles. The number of nitrogens with zero attached hydrogens (tertiary/aromatic N) is 1. The van der Waals surface area contributed by atoms with Crippen LogP contribution in [0, 0.1) is 5.82 Å². The van der Waals surface area contributed by atoms with Crippen LogP contribution in [-0.2, 0) is 10.0 Å². The van der Waals surface area contributed by atoms with E-state index in [0.717, 1.165) is 6.42 Å². The van der Waals surface area contributed by atoms with Crippen LogP contribution >= 0.6 is 0 Å². The number of benzene rings is 2. The average molecular weight is 434 g/mol. The minimum absolute atomic E-state index is 0.141. The van der Waals surface area contributed by atoms with Gasteiger partial charge in [0.15, 0.2) is 11.5 Å². The molecule has 0 radical (unpaired) electrons. The first-order chi connectivity index (χ1) is 14.4. The van der Waals surface area contributed by atoms with E-state index in [-0.39, 0.29) is 16.8 Å². The first kappa shape index (κ1) is 20.6. The van der Waals surface area contributed by atoms with Crippen LogP contribution < -0.4 is 14.8 Å². The highest BCUT2D eigenvalue weighted by Crippen LogP contribution is 2.33. The van der Waals surface area contributed by atoms with Crippen LogP contribution in [0.5, 0.6) is 11.5 Å². The fourth-order valence-electron chi connectivity index (χ4n) is 3.56. The normalized spacial score (nSPS) is 17.9. The molecule has 0 unspecified atom stereocenters. The SMILES string of the molecule is O=C(NC1CCN(S(=O)(=O)c2ccc3c(c2)OCCCO3)CC1)c1ccc(F)cc1. The molecule has 1 fully saturated rings. The zero-order valence-electron chi connectivity index (χ0n) is 16.3. The van der Waals surface area contributed by atoms with E-state index in [1.807, 2.05) is 0 Å². The zero-order valence-corrected chi connectivity index (χ0v) is 17.2. The first-order valence-corrected chi connectivity index (χ1v) is 11.3. The van der Waals surface area contributed by atoms with Crippen LogP contribution in [0.15, 0.2) is 47.4 Å². The van der Waals surface area contributed by atoms with E-state index in [4.69, 9.17) is 9.47 Å². The fraction of sp³-hybridized carbons (Fsp3) is 0.381. The number of piperidine rings is 1. The van der Waals surface area contributed by atoms with Crippen molar-refractivity contribution in [1.82, 2.24) is 9.62 Å². The Bertz CT molecular complexity index is 1020. The van der Waals surface area contributed by atoms with Gasteiger partial charge in [-0.1, -0.05) is 0 Å². The molecule has 2 aliphatic rings. The molecule has 2 aromatic rings. The summed E-state index contributed by atoms with van der Waals surface area (Å²) in [6.45, 7) is 1.61. The number of ether oxygens (including phenoxy) is 2. The van der Waals surface area contributed by atoms with Gasteiger partial charge in [-0.3, -0.25) is 4.79 Å². The second-order valence-electron chi connectivity index (χ2n) is 7.32. The van der Waals surface area contributed by atoms with Crippen LogP contribution in [0.2, 0.25) is 0 Å². The van der Waals surface area contributed by atoms with Crippen LogP contribution in [0.25, 0.3) is 0 Å². The minimum atomic E-state index is -3.67. The molecule has 7 nitrogen and oxygen atoms in total. The maximum absolute atomic E-state index is 13.0. The molecular formula is C21H23FN2O5S. The first-order valence-electron chi connectivity index (χ1n) is 9.90. The number of carbonyl (C=O) groups is 1. The largest absolute Gasteiger partial charge is 0.490 e. The highest BCUT2D eigenvalue weighted by atomic mass is 32.2. The molecule has 2 heterocycles. The van der Waals surface area contributed by atoms with Gasteiger partial charge in [0, 0.05) is 37.2 Å². The number of hydrogen-bond acceptors (Lipinski definition) is 5. The van der Waals surface area contributed by atoms with Gasteiger partial charge in [0.25, 0.3) is 5.91 Å². The molecule has 1 N–H and O–H groups in total. The third kappa shape index (κ3) is 4.41. The van der Waals surface area contributed by atoms with Crippen LogP contribution in [-0.4, -0.2) is 51.0 Å². The lowest BCUT2D eigenvalue weighted by atomic mass is 10.1. The molecule has 0 aromatic heterocycles. The predicted octanol–water partition coefficient (Wildman–Crippen LogP) is 2.57. The number of amides is 1. The van der Waals surface area contributed by atoms with E-state index in [1.54, 1.807) is 6.07 Å². The maximum atomic E-state index is 13.0. The maximum Gasteiger partial charge on any atom is 0.251 e. The Hall–Kier alpha value is -2.65. The standard InChI is InChI=1S/C21H23FN2O5S/c22-16-4-2-15(3-5-16)21(25)23-17-8-10-24(11-9-17)30(26,27)18-6-7-19-20(14-18)29-13-1-12-28-19/h2-7,14,17H,1,8-13H2,(H,23,25). The summed E-state index contributed by atoms with van der Waals surface area (Å²) in [5, 5.41) is 2.89. The summed E-state index contributed by atoms with van der Waals surface area (Å²) in [5.41, 5.74) is 0.374. The Morgan fingerprint density at radius 3 is 2.37 bits per heavy atom. The third-order valence-electron chi connectivity index (χ3n) is 5.25. The van der Waals surface area contributed by atoms with Crippen molar-refractivity contribution >= 4 is 15.9 Å². The summed E-state index contributed by atoms with van der Waals surface area (Å²) in [4.78, 5) is 12.5. The van der Waals surface area contributed by atoms with E-state index < -0.39 is 15.8 Å². The Morgan fingerprint density at radius 1 is 1.00 bits per heavy atom. The average Bonchev–Trinajstić information content (AvgIpc) is 2.99. The van der Waals surface area contributed by atoms with Crippen molar-refractivity contribution in [3.8, 4) is 11.5 Å². The molecule has 0 saturated carbocycles. The Kier molecular flexibility index (Phi) is 5.92. The van der Waals surface area contributed by atoms with Crippen molar-refractivity contribution in [2.45, 2.75) is 30.2 Å². The van der Waals surface area contributed by atoms with Gasteiger partial charge in [0.1, 0.15) is 5.82 Å². The fourth-order valence-corrected chi connectivity index (χ4v) is 5.05. The van der Waals surface area contributed by atoms with Gasteiger partial charge in [0.2, 0.25) is 10.0 Å². The number of hydrogen-bond donors (Lipinski definition) is 1. The van der Waals surface area contributed by atoms with Gasteiger partial charge >= 0.3 is 0 Å². The summed E-state index contributed by atoms with van der Waals surface area (Å²) in [6, 6.07) is 9.85. The van der Waals surface area contributed by atoms with Gasteiger partial charge in [-0.05, 0) is 49.2 Å². The molecule has 0 spiro atoms. The van der Waals surface area contributed by atoms with Gasteiger partial charge in [-0.25, -0.2) is 12.8 Å². The summed E-state index contributed by atoms with van der Waals surface area (Å²) < 4.78 is 51.7. The van der Waals surface area contributed by atoms with Gasteiger partial charge in [-0.15, -0.1) is 0 Å². The van der Waals surface area contributed by atoms with E-state index in [9.17, 15) is 17.6 Å². The summed E-state index contributed by atoms with van der Waals surface area (Å²) in [6.07, 6.45) is 1.74. The number of fused-ring (bicyclic) bond motifs is 1. The summed E-state index contributed by atoms with van der Waals surface area (Å²) in [7, 11) is -3.67. The number of rotatable bonds is 4. The molecule has 9 heteroatoms.